The zero-order valence-electron chi connectivity index (χ0n) is 19.0. The first kappa shape index (κ1) is 23.2. The molecule has 9 nitrogen and oxygen atoms in total. The van der Waals surface area contributed by atoms with Crippen LogP contribution in [0.5, 0.6) is 0 Å². The maximum Gasteiger partial charge on any atom is 0.318 e. The number of amides is 3. The van der Waals surface area contributed by atoms with E-state index in [1.165, 1.54) is 4.68 Å². The van der Waals surface area contributed by atoms with Gasteiger partial charge in [0.1, 0.15) is 0 Å². The molecular weight excluding hydrogens is 450 g/mol. The standard InChI is InChI=1S/C24H25N7O2S/c1-13(2)20(22(32)28-23(25)33)34-24-30-29-21(31(24)26)17-12-19(15-10-8-14(3)9-11-15)27-18-7-5-4-6-16(17)18/h4-13,20H,26H2,1-3H3,(H3,25,28,32,33)/t20-/m0/s1. The molecule has 0 saturated carbocycles. The second kappa shape index (κ2) is 9.52. The van der Waals surface area contributed by atoms with Crippen molar-refractivity contribution in [2.45, 2.75) is 31.2 Å². The average Bonchev–Trinajstić information content (AvgIpc) is 3.16. The Morgan fingerprint density at radius 3 is 2.44 bits per heavy atom. The van der Waals surface area contributed by atoms with Gasteiger partial charge in [-0.2, -0.15) is 0 Å². The lowest BCUT2D eigenvalue weighted by atomic mass is 10.0. The maximum atomic E-state index is 12.4. The van der Waals surface area contributed by atoms with Gasteiger partial charge in [0.25, 0.3) is 0 Å². The van der Waals surface area contributed by atoms with Gasteiger partial charge in [-0.15, -0.1) is 10.2 Å². The molecule has 174 valence electrons. The van der Waals surface area contributed by atoms with Crippen LogP contribution in [0, 0.1) is 12.8 Å². The highest BCUT2D eigenvalue weighted by Gasteiger charge is 2.28. The number of rotatable bonds is 6. The Morgan fingerprint density at radius 2 is 1.76 bits per heavy atom. The van der Waals surface area contributed by atoms with Crippen LogP contribution in [0.2, 0.25) is 0 Å². The minimum atomic E-state index is -0.905. The van der Waals surface area contributed by atoms with Crippen molar-refractivity contribution in [2.24, 2.45) is 11.7 Å². The maximum absolute atomic E-state index is 12.4. The van der Waals surface area contributed by atoms with E-state index in [-0.39, 0.29) is 5.92 Å². The third-order valence-corrected chi connectivity index (χ3v) is 6.81. The number of carbonyl (C=O) groups excluding carboxylic acids is 2. The number of nitrogen functional groups attached to an aromatic ring is 1. The Balaban J connectivity index is 1.77. The number of nitrogens with zero attached hydrogens (tertiary/aromatic N) is 4. The first-order valence-corrected chi connectivity index (χ1v) is 11.6. The molecule has 0 aliphatic heterocycles. The summed E-state index contributed by atoms with van der Waals surface area (Å²) in [5.41, 5.74) is 9.60. The molecule has 0 unspecified atom stereocenters. The topological polar surface area (TPSA) is 142 Å². The lowest BCUT2D eigenvalue weighted by Crippen LogP contribution is -2.42. The first-order chi connectivity index (χ1) is 16.2. The molecule has 0 aliphatic carbocycles. The number of pyridine rings is 1. The second-order valence-corrected chi connectivity index (χ2v) is 9.36. The fourth-order valence-corrected chi connectivity index (χ4v) is 4.53. The van der Waals surface area contributed by atoms with Crippen LogP contribution in [0.25, 0.3) is 33.5 Å². The van der Waals surface area contributed by atoms with Crippen molar-refractivity contribution < 1.29 is 9.59 Å². The number of thioether (sulfide) groups is 1. The number of hydrogen-bond donors (Lipinski definition) is 3. The number of hydrogen-bond acceptors (Lipinski definition) is 7. The summed E-state index contributed by atoms with van der Waals surface area (Å²) in [6, 6.07) is 16.9. The summed E-state index contributed by atoms with van der Waals surface area (Å²) < 4.78 is 1.36. The van der Waals surface area contributed by atoms with Gasteiger partial charge in [0.05, 0.1) is 16.5 Å². The molecular formula is C24H25N7O2S. The van der Waals surface area contributed by atoms with Gasteiger partial charge < -0.3 is 11.6 Å². The predicted molar refractivity (Wildman–Crippen MR) is 133 cm³/mol. The Bertz CT molecular complexity index is 1370. The molecule has 3 amide bonds. The second-order valence-electron chi connectivity index (χ2n) is 8.25. The van der Waals surface area contributed by atoms with Crippen LogP contribution in [0.3, 0.4) is 0 Å². The zero-order valence-corrected chi connectivity index (χ0v) is 19.8. The van der Waals surface area contributed by atoms with Crippen molar-refractivity contribution in [3.05, 3.63) is 60.2 Å². The van der Waals surface area contributed by atoms with Crippen LogP contribution in [0.1, 0.15) is 19.4 Å². The number of benzene rings is 2. The van der Waals surface area contributed by atoms with E-state index in [0.29, 0.717) is 11.0 Å². The van der Waals surface area contributed by atoms with E-state index in [9.17, 15) is 9.59 Å². The normalized spacial score (nSPS) is 12.1. The number of fused-ring (bicyclic) bond motifs is 1. The van der Waals surface area contributed by atoms with Gasteiger partial charge in [0.2, 0.25) is 11.1 Å². The number of urea groups is 1. The number of primary amides is 1. The zero-order chi connectivity index (χ0) is 24.4. The van der Waals surface area contributed by atoms with Crippen molar-refractivity contribution in [3.63, 3.8) is 0 Å². The number of nitrogens with two attached hydrogens (primary N) is 2. The lowest BCUT2D eigenvalue weighted by molar-refractivity contribution is -0.120. The quantitative estimate of drug-likeness (QED) is 0.286. The van der Waals surface area contributed by atoms with Gasteiger partial charge in [-0.3, -0.25) is 10.1 Å². The van der Waals surface area contributed by atoms with Gasteiger partial charge >= 0.3 is 6.03 Å². The summed E-state index contributed by atoms with van der Waals surface area (Å²) in [6.07, 6.45) is 0. The minimum Gasteiger partial charge on any atom is -0.351 e. The van der Waals surface area contributed by atoms with Gasteiger partial charge in [-0.1, -0.05) is 73.6 Å². The Morgan fingerprint density at radius 1 is 1.06 bits per heavy atom. The molecule has 2 aromatic carbocycles. The van der Waals surface area contributed by atoms with Gasteiger partial charge in [0, 0.05) is 16.5 Å². The molecule has 0 fully saturated rings. The average molecular weight is 476 g/mol. The first-order valence-electron chi connectivity index (χ1n) is 10.7. The largest absolute Gasteiger partial charge is 0.351 e. The summed E-state index contributed by atoms with van der Waals surface area (Å²) in [7, 11) is 0. The summed E-state index contributed by atoms with van der Waals surface area (Å²) in [4.78, 5) is 28.4. The fraction of sp³-hybridized carbons (Fsp3) is 0.208. The summed E-state index contributed by atoms with van der Waals surface area (Å²) in [6.45, 7) is 5.76. The molecule has 2 heterocycles. The SMILES string of the molecule is Cc1ccc(-c2cc(-c3nnc(S[C@H](C(=O)NC(N)=O)C(C)C)n3N)c3ccccc3n2)cc1. The highest BCUT2D eigenvalue weighted by atomic mass is 32.2. The number of imide groups is 1. The van der Waals surface area contributed by atoms with Crippen molar-refractivity contribution >= 4 is 34.6 Å². The van der Waals surface area contributed by atoms with E-state index in [4.69, 9.17) is 16.6 Å². The minimum absolute atomic E-state index is 0.112. The predicted octanol–water partition coefficient (Wildman–Crippen LogP) is 3.49. The molecule has 0 saturated heterocycles. The van der Waals surface area contributed by atoms with Crippen molar-refractivity contribution in [1.29, 1.82) is 0 Å². The highest BCUT2D eigenvalue weighted by Crippen LogP contribution is 2.33. The van der Waals surface area contributed by atoms with Gasteiger partial charge in [-0.05, 0) is 25.0 Å². The molecule has 4 aromatic rings. The van der Waals surface area contributed by atoms with Crippen LogP contribution in [-0.4, -0.2) is 37.0 Å². The smallest absolute Gasteiger partial charge is 0.318 e. The number of nitrogens with one attached hydrogen (secondary N) is 1. The van der Waals surface area contributed by atoms with E-state index < -0.39 is 17.2 Å². The molecule has 0 radical (unpaired) electrons. The van der Waals surface area contributed by atoms with Crippen LogP contribution < -0.4 is 16.9 Å². The van der Waals surface area contributed by atoms with Crippen LogP contribution in [0.4, 0.5) is 4.79 Å². The summed E-state index contributed by atoms with van der Waals surface area (Å²) in [5.74, 6) is 6.23. The fourth-order valence-electron chi connectivity index (χ4n) is 3.57. The van der Waals surface area contributed by atoms with Gasteiger partial charge in [0.15, 0.2) is 5.82 Å². The Hall–Kier alpha value is -3.92. The van der Waals surface area contributed by atoms with Crippen LogP contribution in [-0.2, 0) is 4.79 Å². The van der Waals surface area contributed by atoms with Crippen molar-refractivity contribution in [3.8, 4) is 22.6 Å². The van der Waals surface area contributed by atoms with E-state index in [2.05, 4.69) is 15.5 Å². The molecule has 0 bridgehead atoms. The van der Waals surface area contributed by atoms with Crippen molar-refractivity contribution in [1.82, 2.24) is 25.2 Å². The summed E-state index contributed by atoms with van der Waals surface area (Å²) in [5, 5.41) is 11.3. The number of carbonyl (C=O) groups is 2. The van der Waals surface area contributed by atoms with E-state index >= 15 is 0 Å². The molecule has 2 aromatic heterocycles. The molecule has 1 atom stereocenters. The van der Waals surface area contributed by atoms with Crippen LogP contribution >= 0.6 is 11.8 Å². The number of aromatic nitrogens is 4. The number of aryl methyl sites for hydroxylation is 1. The lowest BCUT2D eigenvalue weighted by Gasteiger charge is -2.18. The van der Waals surface area contributed by atoms with Crippen LogP contribution in [0.15, 0.2) is 59.8 Å². The Kier molecular flexibility index (Phi) is 6.51. The molecule has 34 heavy (non-hydrogen) atoms. The van der Waals surface area contributed by atoms with E-state index in [1.54, 1.807) is 0 Å². The van der Waals surface area contributed by atoms with E-state index in [1.807, 2.05) is 75.4 Å². The number of para-hydroxylation sites is 1. The monoisotopic (exact) mass is 475 g/mol. The third kappa shape index (κ3) is 4.72. The third-order valence-electron chi connectivity index (χ3n) is 5.31. The van der Waals surface area contributed by atoms with Crippen molar-refractivity contribution in [2.75, 3.05) is 5.84 Å². The van der Waals surface area contributed by atoms with Gasteiger partial charge in [-0.25, -0.2) is 14.5 Å². The summed E-state index contributed by atoms with van der Waals surface area (Å²) >= 11 is 1.13. The molecule has 4 rings (SSSR count). The van der Waals surface area contributed by atoms with E-state index in [0.717, 1.165) is 45.0 Å². The molecule has 0 spiro atoms. The Labute approximate surface area is 200 Å². The highest BCUT2D eigenvalue weighted by molar-refractivity contribution is 8.00. The molecule has 5 N–H and O–H groups in total. The molecule has 10 heteroatoms. The molecule has 0 aliphatic rings.